The molecule has 1 N–H and O–H groups in total. The molecule has 0 saturated carbocycles. The molecule has 0 saturated heterocycles. The Morgan fingerprint density at radius 1 is 1.42 bits per heavy atom. The van der Waals surface area contributed by atoms with Gasteiger partial charge >= 0.3 is 0 Å². The Labute approximate surface area is 120 Å². The predicted molar refractivity (Wildman–Crippen MR) is 79.6 cm³/mol. The lowest BCUT2D eigenvalue weighted by Gasteiger charge is -2.16. The van der Waals surface area contributed by atoms with Crippen LogP contribution in [-0.2, 0) is 11.3 Å². The zero-order valence-electron chi connectivity index (χ0n) is 10.6. The van der Waals surface area contributed by atoms with Gasteiger partial charge in [0.25, 0.3) is 0 Å². The fraction of sp³-hybridized carbons (Fsp3) is 0.214. The van der Waals surface area contributed by atoms with Crippen LogP contribution in [0.2, 0.25) is 0 Å². The zero-order chi connectivity index (χ0) is 13.7. The maximum atomic E-state index is 12.0. The number of phenolic OH excluding ortho intramolecular Hbond substituents is 1. The maximum Gasteiger partial charge on any atom is 0.232 e. The zero-order valence-corrected chi connectivity index (χ0v) is 12.2. The molecule has 1 amide bonds. The summed E-state index contributed by atoms with van der Waals surface area (Å²) in [4.78, 5) is 14.6. The lowest BCUT2D eigenvalue weighted by molar-refractivity contribution is -0.127. The predicted octanol–water partition coefficient (Wildman–Crippen LogP) is 3.20. The number of carbonyl (C=O) groups excluding carboxylic acids is 1. The van der Waals surface area contributed by atoms with E-state index in [2.05, 4.69) is 0 Å². The highest BCUT2D eigenvalue weighted by Crippen LogP contribution is 2.22. The number of benzene rings is 1. The molecular weight excluding hydrogens is 278 g/mol. The van der Waals surface area contributed by atoms with Crippen LogP contribution in [0.25, 0.3) is 0 Å². The molecule has 1 aromatic carbocycles. The molecule has 0 fully saturated rings. The van der Waals surface area contributed by atoms with E-state index in [1.807, 2.05) is 29.9 Å². The van der Waals surface area contributed by atoms with Crippen LogP contribution < -0.4 is 0 Å². The number of thiophene rings is 1. The fourth-order valence-corrected chi connectivity index (χ4v) is 3.12. The Hall–Kier alpha value is -1.46. The van der Waals surface area contributed by atoms with E-state index in [1.165, 1.54) is 11.8 Å². The Morgan fingerprint density at radius 2 is 2.26 bits per heavy atom. The average Bonchev–Trinajstić information content (AvgIpc) is 2.89. The molecule has 0 unspecified atom stereocenters. The first-order chi connectivity index (χ1) is 9.15. The number of aromatic hydroxyl groups is 1. The van der Waals surface area contributed by atoms with Crippen LogP contribution in [0.3, 0.4) is 0 Å². The minimum Gasteiger partial charge on any atom is -0.508 e. The van der Waals surface area contributed by atoms with Crippen molar-refractivity contribution < 1.29 is 9.90 Å². The molecule has 0 aliphatic rings. The molecule has 0 bridgehead atoms. The Morgan fingerprint density at radius 3 is 2.95 bits per heavy atom. The average molecular weight is 293 g/mol. The lowest BCUT2D eigenvalue weighted by Crippen LogP contribution is -2.27. The summed E-state index contributed by atoms with van der Waals surface area (Å²) in [5, 5.41) is 13.4. The summed E-state index contributed by atoms with van der Waals surface area (Å²) in [7, 11) is 1.81. The molecule has 100 valence electrons. The van der Waals surface area contributed by atoms with Gasteiger partial charge in [-0.25, -0.2) is 0 Å². The van der Waals surface area contributed by atoms with E-state index in [-0.39, 0.29) is 11.7 Å². The second kappa shape index (κ2) is 6.63. The van der Waals surface area contributed by atoms with Crippen LogP contribution in [0.5, 0.6) is 5.75 Å². The van der Waals surface area contributed by atoms with Crippen LogP contribution in [0, 0.1) is 0 Å². The normalized spacial score (nSPS) is 10.4. The third-order valence-corrected chi connectivity index (χ3v) is 4.32. The summed E-state index contributed by atoms with van der Waals surface area (Å²) in [5.41, 5.74) is 1.16. The van der Waals surface area contributed by atoms with Crippen molar-refractivity contribution in [1.29, 1.82) is 0 Å². The largest absolute Gasteiger partial charge is 0.508 e. The minimum atomic E-state index is 0.0829. The van der Waals surface area contributed by atoms with E-state index in [1.54, 1.807) is 34.4 Å². The molecule has 0 radical (unpaired) electrons. The molecule has 2 rings (SSSR count). The minimum absolute atomic E-state index is 0.0829. The van der Waals surface area contributed by atoms with Crippen LogP contribution in [0.4, 0.5) is 0 Å². The quantitative estimate of drug-likeness (QED) is 0.861. The van der Waals surface area contributed by atoms with Gasteiger partial charge in [0.15, 0.2) is 0 Å². The van der Waals surface area contributed by atoms with E-state index in [4.69, 9.17) is 0 Å². The van der Waals surface area contributed by atoms with Crippen molar-refractivity contribution >= 4 is 29.0 Å². The Bertz CT molecular complexity index is 540. The van der Waals surface area contributed by atoms with Gasteiger partial charge in [-0.2, -0.15) is 11.3 Å². The molecule has 0 aliphatic heterocycles. The number of phenols is 1. The van der Waals surface area contributed by atoms with Gasteiger partial charge in [-0.3, -0.25) is 4.79 Å². The van der Waals surface area contributed by atoms with E-state index < -0.39 is 0 Å². The molecule has 0 atom stereocenters. The molecule has 3 nitrogen and oxygen atoms in total. The smallest absolute Gasteiger partial charge is 0.232 e. The van der Waals surface area contributed by atoms with Gasteiger partial charge in [0.2, 0.25) is 5.91 Å². The Balaban J connectivity index is 1.84. The van der Waals surface area contributed by atoms with Crippen LogP contribution in [0.15, 0.2) is 46.0 Å². The SMILES string of the molecule is CN(Cc1ccsc1)C(=O)CSc1cccc(O)c1. The summed E-state index contributed by atoms with van der Waals surface area (Å²) in [6.45, 7) is 0.642. The molecular formula is C14H15NO2S2. The van der Waals surface area contributed by atoms with E-state index in [9.17, 15) is 9.90 Å². The molecule has 0 spiro atoms. The first-order valence-corrected chi connectivity index (χ1v) is 7.75. The first-order valence-electron chi connectivity index (χ1n) is 5.82. The second-order valence-electron chi connectivity index (χ2n) is 4.17. The number of hydrogen-bond acceptors (Lipinski definition) is 4. The monoisotopic (exact) mass is 293 g/mol. The van der Waals surface area contributed by atoms with Gasteiger partial charge in [-0.15, -0.1) is 11.8 Å². The van der Waals surface area contributed by atoms with Crippen molar-refractivity contribution in [3.8, 4) is 5.75 Å². The number of hydrogen-bond donors (Lipinski definition) is 1. The molecule has 2 aromatic rings. The van der Waals surface area contributed by atoms with Gasteiger partial charge in [-0.1, -0.05) is 6.07 Å². The molecule has 19 heavy (non-hydrogen) atoms. The second-order valence-corrected chi connectivity index (χ2v) is 6.00. The van der Waals surface area contributed by atoms with E-state index in [0.29, 0.717) is 12.3 Å². The highest BCUT2D eigenvalue weighted by molar-refractivity contribution is 8.00. The van der Waals surface area contributed by atoms with Gasteiger partial charge < -0.3 is 10.0 Å². The van der Waals surface area contributed by atoms with Gasteiger partial charge in [-0.05, 0) is 40.6 Å². The summed E-state index contributed by atoms with van der Waals surface area (Å²) in [6.07, 6.45) is 0. The number of nitrogens with zero attached hydrogens (tertiary/aromatic N) is 1. The molecule has 0 aliphatic carbocycles. The first kappa shape index (κ1) is 14.0. The van der Waals surface area contributed by atoms with Crippen molar-refractivity contribution in [1.82, 2.24) is 4.90 Å². The Kier molecular flexibility index (Phi) is 4.87. The van der Waals surface area contributed by atoms with Gasteiger partial charge in [0.1, 0.15) is 5.75 Å². The number of carbonyl (C=O) groups is 1. The third-order valence-electron chi connectivity index (χ3n) is 2.61. The van der Waals surface area contributed by atoms with E-state index in [0.717, 1.165) is 10.5 Å². The van der Waals surface area contributed by atoms with E-state index >= 15 is 0 Å². The van der Waals surface area contributed by atoms with Crippen molar-refractivity contribution in [3.63, 3.8) is 0 Å². The number of rotatable bonds is 5. The lowest BCUT2D eigenvalue weighted by atomic mass is 10.3. The molecule has 5 heteroatoms. The number of thioether (sulfide) groups is 1. The summed E-state index contributed by atoms with van der Waals surface area (Å²) >= 11 is 3.07. The van der Waals surface area contributed by atoms with Crippen molar-refractivity contribution in [2.24, 2.45) is 0 Å². The third kappa shape index (κ3) is 4.29. The standard InChI is InChI=1S/C14H15NO2S2/c1-15(8-11-5-6-18-9-11)14(17)10-19-13-4-2-3-12(16)7-13/h2-7,9,16H,8,10H2,1H3. The van der Waals surface area contributed by atoms with Gasteiger partial charge in [0.05, 0.1) is 5.75 Å². The molecule has 1 aromatic heterocycles. The van der Waals surface area contributed by atoms with Gasteiger partial charge in [0, 0.05) is 18.5 Å². The summed E-state index contributed by atoms with van der Waals surface area (Å²) in [5.74, 6) is 0.688. The summed E-state index contributed by atoms with van der Waals surface area (Å²) < 4.78 is 0. The van der Waals surface area contributed by atoms with Crippen molar-refractivity contribution in [2.45, 2.75) is 11.4 Å². The van der Waals surface area contributed by atoms with Crippen LogP contribution in [0.1, 0.15) is 5.56 Å². The maximum absolute atomic E-state index is 12.0. The van der Waals surface area contributed by atoms with Crippen molar-refractivity contribution in [2.75, 3.05) is 12.8 Å². The fourth-order valence-electron chi connectivity index (χ4n) is 1.57. The van der Waals surface area contributed by atoms with Crippen molar-refractivity contribution in [3.05, 3.63) is 46.7 Å². The molecule has 1 heterocycles. The van der Waals surface area contributed by atoms with Crippen LogP contribution >= 0.6 is 23.1 Å². The van der Waals surface area contributed by atoms with Crippen LogP contribution in [-0.4, -0.2) is 28.7 Å². The topological polar surface area (TPSA) is 40.5 Å². The highest BCUT2D eigenvalue weighted by Gasteiger charge is 2.10. The number of amides is 1. The highest BCUT2D eigenvalue weighted by atomic mass is 32.2. The summed E-state index contributed by atoms with van der Waals surface area (Å²) in [6, 6.07) is 8.97.